The van der Waals surface area contributed by atoms with Crippen LogP contribution in [0, 0.1) is 0 Å². The van der Waals surface area contributed by atoms with Gasteiger partial charge in [-0.1, -0.05) is 0 Å². The third-order valence-electron chi connectivity index (χ3n) is 2.88. The van der Waals surface area contributed by atoms with Crippen LogP contribution in [0.25, 0.3) is 0 Å². The summed E-state index contributed by atoms with van der Waals surface area (Å²) in [6.45, 7) is 0. The van der Waals surface area contributed by atoms with E-state index in [1.807, 2.05) is 83.2 Å². The number of benzene rings is 2. The van der Waals surface area contributed by atoms with E-state index in [-0.39, 0.29) is 24.8 Å². The first-order chi connectivity index (χ1) is 10.9. The fourth-order valence-electron chi connectivity index (χ4n) is 1.87. The van der Waals surface area contributed by atoms with E-state index in [2.05, 4.69) is 4.98 Å². The van der Waals surface area contributed by atoms with Crippen LogP contribution in [0.2, 0.25) is 0 Å². The molecule has 0 bridgehead atoms. The van der Waals surface area contributed by atoms with E-state index in [1.165, 1.54) is 0 Å². The fourth-order valence-corrected chi connectivity index (χ4v) is 3.91. The standard InChI is InChI=1S/C6H5N.2C6H6O.2ClH.Ti/c1-6-4-2-3-5-7-6;2*7-6-4-2-1-3-5-6;;;/h1-5H;2*1-5,7H;2*1H;/q;;;;;+2/p-2. The molecule has 0 atom stereocenters. The molecule has 3 aromatic rings. The summed E-state index contributed by atoms with van der Waals surface area (Å²) in [5.74, 6) is 1.64. The van der Waals surface area contributed by atoms with Crippen molar-refractivity contribution >= 4 is 29.1 Å². The van der Waals surface area contributed by atoms with Gasteiger partial charge in [-0.2, -0.15) is 0 Å². The molecule has 0 aliphatic heterocycles. The Labute approximate surface area is 160 Å². The second kappa shape index (κ2) is 11.0. The number of para-hydroxylation sites is 2. The van der Waals surface area contributed by atoms with Gasteiger partial charge in [-0.3, -0.25) is 0 Å². The zero-order chi connectivity index (χ0) is 15.0. The molecule has 6 heteroatoms. The zero-order valence-corrected chi connectivity index (χ0v) is 15.9. The summed E-state index contributed by atoms with van der Waals surface area (Å²) in [6, 6.07) is 25.3. The van der Waals surface area contributed by atoms with E-state index in [0.29, 0.717) is 0 Å². The van der Waals surface area contributed by atoms with Gasteiger partial charge in [-0.25, -0.2) is 0 Å². The molecule has 0 aliphatic carbocycles. The zero-order valence-electron chi connectivity index (χ0n) is 12.7. The third kappa shape index (κ3) is 6.46. The monoisotopic (exact) mass is 397 g/mol. The maximum absolute atomic E-state index is 6.07. The third-order valence-corrected chi connectivity index (χ3v) is 5.07. The van der Waals surface area contributed by atoms with Crippen molar-refractivity contribution in [3.63, 3.8) is 0 Å². The van der Waals surface area contributed by atoms with Crippen LogP contribution in [-0.2, 0) is 18.2 Å². The SMILES string of the molecule is Cl.Cl.[CH](c1ccccn1)=[Ti]([O]c1ccccc1)[O]c1ccccc1. The molecule has 0 unspecified atom stereocenters. The molecular weight excluding hydrogens is 381 g/mol. The number of hydrogen-bond donors (Lipinski definition) is 0. The molecule has 3 rings (SSSR count). The van der Waals surface area contributed by atoms with E-state index >= 15 is 0 Å². The first-order valence-electron chi connectivity index (χ1n) is 6.99. The Morgan fingerprint density at radius 2 is 1.17 bits per heavy atom. The van der Waals surface area contributed by atoms with Gasteiger partial charge in [-0.05, 0) is 0 Å². The summed E-state index contributed by atoms with van der Waals surface area (Å²) >= 11 is -2.41. The molecule has 1 aromatic heterocycles. The molecule has 0 radical (unpaired) electrons. The molecule has 0 fully saturated rings. The molecule has 24 heavy (non-hydrogen) atoms. The summed E-state index contributed by atoms with van der Waals surface area (Å²) in [7, 11) is 0. The number of nitrogens with zero attached hydrogens (tertiary/aromatic N) is 1. The van der Waals surface area contributed by atoms with Crippen LogP contribution in [0.4, 0.5) is 0 Å². The van der Waals surface area contributed by atoms with Crippen molar-refractivity contribution in [3.8, 4) is 11.5 Å². The Hall–Kier alpha value is -1.65. The van der Waals surface area contributed by atoms with E-state index < -0.39 is 18.2 Å². The van der Waals surface area contributed by atoms with Gasteiger partial charge in [0.25, 0.3) is 0 Å². The van der Waals surface area contributed by atoms with Crippen LogP contribution in [0.5, 0.6) is 11.5 Å². The van der Waals surface area contributed by atoms with Crippen molar-refractivity contribution in [1.82, 2.24) is 4.98 Å². The molecule has 124 valence electrons. The second-order valence-corrected chi connectivity index (χ2v) is 6.63. The van der Waals surface area contributed by atoms with Gasteiger partial charge in [0.05, 0.1) is 0 Å². The summed E-state index contributed by atoms with van der Waals surface area (Å²) in [5, 5.41) is 0. The Balaban J connectivity index is 0.00000144. The van der Waals surface area contributed by atoms with Gasteiger partial charge in [0.15, 0.2) is 0 Å². The van der Waals surface area contributed by atoms with Crippen molar-refractivity contribution in [3.05, 3.63) is 90.8 Å². The van der Waals surface area contributed by atoms with Crippen LogP contribution in [0.15, 0.2) is 85.1 Å². The average molecular weight is 398 g/mol. The van der Waals surface area contributed by atoms with Crippen molar-refractivity contribution in [2.45, 2.75) is 0 Å². The molecule has 0 amide bonds. The van der Waals surface area contributed by atoms with Crippen molar-refractivity contribution in [2.24, 2.45) is 0 Å². The number of halogens is 2. The van der Waals surface area contributed by atoms with Crippen molar-refractivity contribution in [1.29, 1.82) is 0 Å². The summed E-state index contributed by atoms with van der Waals surface area (Å²) in [5.41, 5.74) is 0.879. The van der Waals surface area contributed by atoms with Gasteiger partial charge in [0, 0.05) is 0 Å². The number of hydrogen-bond acceptors (Lipinski definition) is 3. The minimum absolute atomic E-state index is 0. The van der Waals surface area contributed by atoms with E-state index in [9.17, 15) is 0 Å². The first kappa shape index (κ1) is 20.4. The molecule has 0 saturated heterocycles. The molecule has 0 aliphatic rings. The Bertz CT molecular complexity index is 697. The van der Waals surface area contributed by atoms with Gasteiger partial charge in [0.2, 0.25) is 0 Å². The normalized spacial score (nSPS) is 9.00. The van der Waals surface area contributed by atoms with E-state index in [0.717, 1.165) is 17.2 Å². The molecule has 0 saturated carbocycles. The Kier molecular flexibility index (Phi) is 9.35. The average Bonchev–Trinajstić information content (AvgIpc) is 2.57. The van der Waals surface area contributed by atoms with E-state index in [1.54, 1.807) is 6.20 Å². The maximum atomic E-state index is 6.07. The van der Waals surface area contributed by atoms with Crippen LogP contribution < -0.4 is 6.64 Å². The molecule has 3 nitrogen and oxygen atoms in total. The summed E-state index contributed by atoms with van der Waals surface area (Å²) in [4.78, 5) is 4.33. The van der Waals surface area contributed by atoms with Crippen LogP contribution in [0.1, 0.15) is 5.69 Å². The van der Waals surface area contributed by atoms with Crippen molar-refractivity contribution in [2.75, 3.05) is 0 Å². The molecular formula is C18H17Cl2NO2Ti. The van der Waals surface area contributed by atoms with Crippen LogP contribution in [0.3, 0.4) is 0 Å². The first-order valence-corrected chi connectivity index (χ1v) is 9.16. The molecule has 0 N–H and O–H groups in total. The van der Waals surface area contributed by atoms with E-state index in [4.69, 9.17) is 6.64 Å². The number of pyridine rings is 1. The van der Waals surface area contributed by atoms with Gasteiger partial charge in [0.1, 0.15) is 0 Å². The summed E-state index contributed by atoms with van der Waals surface area (Å²) in [6.07, 6.45) is 1.77. The Morgan fingerprint density at radius 3 is 1.62 bits per heavy atom. The van der Waals surface area contributed by atoms with Crippen LogP contribution in [-0.4, -0.2) is 9.30 Å². The molecule has 1 heterocycles. The quantitative estimate of drug-likeness (QED) is 0.585. The number of rotatable bonds is 5. The summed E-state index contributed by atoms with van der Waals surface area (Å²) < 4.78 is 14.2. The van der Waals surface area contributed by atoms with Crippen molar-refractivity contribution < 1.29 is 24.8 Å². The topological polar surface area (TPSA) is 31.4 Å². The predicted octanol–water partition coefficient (Wildman–Crippen LogP) is 4.68. The Morgan fingerprint density at radius 1 is 0.667 bits per heavy atom. The fraction of sp³-hybridized carbons (Fsp3) is 0. The van der Waals surface area contributed by atoms with Crippen LogP contribution >= 0.6 is 24.8 Å². The minimum atomic E-state index is -2.41. The molecule has 2 aromatic carbocycles. The van der Waals surface area contributed by atoms with Gasteiger partial charge in [-0.15, -0.1) is 24.8 Å². The molecule has 0 spiro atoms. The van der Waals surface area contributed by atoms with Gasteiger partial charge < -0.3 is 0 Å². The second-order valence-electron chi connectivity index (χ2n) is 4.55. The predicted molar refractivity (Wildman–Crippen MR) is 98.0 cm³/mol. The van der Waals surface area contributed by atoms with Gasteiger partial charge >= 0.3 is 136 Å². The number of aromatic nitrogens is 1.